The maximum atomic E-state index is 13.1. The van der Waals surface area contributed by atoms with Gasteiger partial charge in [0, 0.05) is 17.6 Å². The molecule has 1 aliphatic carbocycles. The van der Waals surface area contributed by atoms with Crippen LogP contribution < -0.4 is 10.6 Å². The Bertz CT molecular complexity index is 586. The van der Waals surface area contributed by atoms with Crippen molar-refractivity contribution in [2.45, 2.75) is 77.7 Å². The van der Waals surface area contributed by atoms with Crippen molar-refractivity contribution in [1.29, 1.82) is 0 Å². The number of amides is 2. The van der Waals surface area contributed by atoms with Crippen LogP contribution in [0.2, 0.25) is 0 Å². The van der Waals surface area contributed by atoms with Crippen LogP contribution in [0, 0.1) is 5.92 Å². The van der Waals surface area contributed by atoms with Gasteiger partial charge < -0.3 is 10.6 Å². The molecule has 1 aliphatic rings. The van der Waals surface area contributed by atoms with Gasteiger partial charge in [-0.2, -0.15) is 0 Å². The number of hydrogen-bond acceptors (Lipinski definition) is 2. The molecule has 1 aromatic rings. The first-order valence-corrected chi connectivity index (χ1v) is 9.61. The van der Waals surface area contributed by atoms with E-state index in [1.165, 1.54) is 6.42 Å². The second-order valence-corrected chi connectivity index (χ2v) is 7.65. The molecule has 1 fully saturated rings. The van der Waals surface area contributed by atoms with Crippen molar-refractivity contribution < 1.29 is 9.59 Å². The smallest absolute Gasteiger partial charge is 0.230 e. The summed E-state index contributed by atoms with van der Waals surface area (Å²) in [4.78, 5) is 24.9. The first kappa shape index (κ1) is 19.5. The lowest BCUT2D eigenvalue weighted by atomic mass is 9.68. The summed E-state index contributed by atoms with van der Waals surface area (Å²) in [6.45, 7) is 7.89. The zero-order valence-corrected chi connectivity index (χ0v) is 16.0. The van der Waals surface area contributed by atoms with Crippen molar-refractivity contribution >= 4 is 17.5 Å². The summed E-state index contributed by atoms with van der Waals surface area (Å²) in [5.41, 5.74) is 1.42. The van der Waals surface area contributed by atoms with Crippen LogP contribution >= 0.6 is 0 Å². The standard InChI is InChI=1S/C21H32N2O2/c1-5-16(4)22-20(25)21(13-7-6-8-14-21)17-9-11-18(12-10-17)23-19(24)15(2)3/h9-12,15-16H,5-8,13-14H2,1-4H3,(H,22,25)(H,23,24)/t16-/m1/s1. The fourth-order valence-electron chi connectivity index (χ4n) is 3.43. The fraction of sp³-hybridized carbons (Fsp3) is 0.619. The van der Waals surface area contributed by atoms with Crippen LogP contribution in [-0.2, 0) is 15.0 Å². The molecule has 25 heavy (non-hydrogen) atoms. The van der Waals surface area contributed by atoms with Gasteiger partial charge >= 0.3 is 0 Å². The highest BCUT2D eigenvalue weighted by atomic mass is 16.2. The molecule has 0 aromatic heterocycles. The molecule has 0 unspecified atom stereocenters. The predicted octanol–water partition coefficient (Wildman–Crippen LogP) is 4.40. The summed E-state index contributed by atoms with van der Waals surface area (Å²) in [5.74, 6) is 0.112. The van der Waals surface area contributed by atoms with Crippen LogP contribution in [-0.4, -0.2) is 17.9 Å². The van der Waals surface area contributed by atoms with Gasteiger partial charge in [-0.25, -0.2) is 0 Å². The molecule has 0 bridgehead atoms. The largest absolute Gasteiger partial charge is 0.353 e. The van der Waals surface area contributed by atoms with Crippen molar-refractivity contribution in [1.82, 2.24) is 5.32 Å². The molecule has 1 aromatic carbocycles. The zero-order chi connectivity index (χ0) is 18.4. The predicted molar refractivity (Wildman–Crippen MR) is 103 cm³/mol. The van der Waals surface area contributed by atoms with Crippen LogP contribution in [0.15, 0.2) is 24.3 Å². The van der Waals surface area contributed by atoms with Crippen molar-refractivity contribution in [3.8, 4) is 0 Å². The van der Waals surface area contributed by atoms with E-state index in [1.54, 1.807) is 0 Å². The van der Waals surface area contributed by atoms with Crippen LogP contribution in [0.1, 0.15) is 71.8 Å². The molecule has 138 valence electrons. The Morgan fingerprint density at radius 2 is 1.64 bits per heavy atom. The third-order valence-electron chi connectivity index (χ3n) is 5.36. The lowest BCUT2D eigenvalue weighted by Crippen LogP contribution is -2.48. The van der Waals surface area contributed by atoms with E-state index in [4.69, 9.17) is 0 Å². The topological polar surface area (TPSA) is 58.2 Å². The Labute approximate surface area is 151 Å². The van der Waals surface area contributed by atoms with Crippen molar-refractivity contribution in [3.63, 3.8) is 0 Å². The van der Waals surface area contributed by atoms with Gasteiger partial charge in [0.2, 0.25) is 11.8 Å². The highest BCUT2D eigenvalue weighted by Crippen LogP contribution is 2.40. The molecule has 0 heterocycles. The first-order chi connectivity index (χ1) is 11.9. The molecule has 2 rings (SSSR count). The third kappa shape index (κ3) is 4.62. The maximum Gasteiger partial charge on any atom is 0.230 e. The lowest BCUT2D eigenvalue weighted by Gasteiger charge is -2.37. The molecule has 2 amide bonds. The average Bonchev–Trinajstić information content (AvgIpc) is 2.62. The highest BCUT2D eigenvalue weighted by Gasteiger charge is 2.41. The Kier molecular flexibility index (Phi) is 6.63. The summed E-state index contributed by atoms with van der Waals surface area (Å²) >= 11 is 0. The molecule has 2 N–H and O–H groups in total. The van der Waals surface area contributed by atoms with Gasteiger partial charge in [0.1, 0.15) is 0 Å². The Balaban J connectivity index is 2.23. The Morgan fingerprint density at radius 3 is 2.16 bits per heavy atom. The van der Waals surface area contributed by atoms with E-state index in [9.17, 15) is 9.59 Å². The van der Waals surface area contributed by atoms with Crippen LogP contribution in [0.5, 0.6) is 0 Å². The van der Waals surface area contributed by atoms with Gasteiger partial charge in [-0.1, -0.05) is 52.2 Å². The van der Waals surface area contributed by atoms with Crippen LogP contribution in [0.3, 0.4) is 0 Å². The van der Waals surface area contributed by atoms with Crippen molar-refractivity contribution in [3.05, 3.63) is 29.8 Å². The van der Waals surface area contributed by atoms with E-state index in [1.807, 2.05) is 38.1 Å². The molecule has 1 saturated carbocycles. The summed E-state index contributed by atoms with van der Waals surface area (Å²) in [7, 11) is 0. The summed E-state index contributed by atoms with van der Waals surface area (Å²) < 4.78 is 0. The molecule has 0 aliphatic heterocycles. The number of carbonyl (C=O) groups excluding carboxylic acids is 2. The third-order valence-corrected chi connectivity index (χ3v) is 5.36. The van der Waals surface area contributed by atoms with Crippen molar-refractivity contribution in [2.75, 3.05) is 5.32 Å². The normalized spacial score (nSPS) is 17.8. The summed E-state index contributed by atoms with van der Waals surface area (Å²) in [6, 6.07) is 8.05. The van der Waals surface area contributed by atoms with Crippen LogP contribution in [0.25, 0.3) is 0 Å². The molecular weight excluding hydrogens is 312 g/mol. The SMILES string of the molecule is CC[C@@H](C)NC(=O)C1(c2ccc(NC(=O)C(C)C)cc2)CCCCC1. The van der Waals surface area contributed by atoms with Gasteiger partial charge in [0.15, 0.2) is 0 Å². The molecule has 0 radical (unpaired) electrons. The average molecular weight is 344 g/mol. The minimum absolute atomic E-state index is 0.00893. The van der Waals surface area contributed by atoms with E-state index >= 15 is 0 Å². The van der Waals surface area contributed by atoms with E-state index < -0.39 is 5.41 Å². The number of nitrogens with one attached hydrogen (secondary N) is 2. The monoisotopic (exact) mass is 344 g/mol. The van der Waals surface area contributed by atoms with Gasteiger partial charge in [0.25, 0.3) is 0 Å². The van der Waals surface area contributed by atoms with Crippen LogP contribution in [0.4, 0.5) is 5.69 Å². The van der Waals surface area contributed by atoms with E-state index in [2.05, 4.69) is 24.5 Å². The molecular formula is C21H32N2O2. The van der Waals surface area contributed by atoms with Gasteiger partial charge in [-0.15, -0.1) is 0 Å². The minimum Gasteiger partial charge on any atom is -0.353 e. The van der Waals surface area contributed by atoms with E-state index in [0.29, 0.717) is 0 Å². The molecule has 4 heteroatoms. The molecule has 0 spiro atoms. The lowest BCUT2D eigenvalue weighted by molar-refractivity contribution is -0.128. The summed E-state index contributed by atoms with van der Waals surface area (Å²) in [5, 5.41) is 6.11. The first-order valence-electron chi connectivity index (χ1n) is 9.61. The fourth-order valence-corrected chi connectivity index (χ4v) is 3.43. The molecule has 1 atom stereocenters. The van der Waals surface area contributed by atoms with Crippen molar-refractivity contribution in [2.24, 2.45) is 5.92 Å². The van der Waals surface area contributed by atoms with Gasteiger partial charge in [-0.3, -0.25) is 9.59 Å². The highest BCUT2D eigenvalue weighted by molar-refractivity contribution is 5.92. The number of hydrogen-bond donors (Lipinski definition) is 2. The molecule has 0 saturated heterocycles. The maximum absolute atomic E-state index is 13.1. The number of anilines is 1. The van der Waals surface area contributed by atoms with E-state index in [-0.39, 0.29) is 23.8 Å². The number of rotatable bonds is 6. The van der Waals surface area contributed by atoms with E-state index in [0.717, 1.165) is 43.4 Å². The Morgan fingerprint density at radius 1 is 1.04 bits per heavy atom. The van der Waals surface area contributed by atoms with Gasteiger partial charge in [0.05, 0.1) is 5.41 Å². The quantitative estimate of drug-likeness (QED) is 0.803. The number of benzene rings is 1. The van der Waals surface area contributed by atoms with Gasteiger partial charge in [-0.05, 0) is 43.9 Å². The number of carbonyl (C=O) groups is 2. The molecule has 4 nitrogen and oxygen atoms in total. The second kappa shape index (κ2) is 8.50. The zero-order valence-electron chi connectivity index (χ0n) is 16.0. The minimum atomic E-state index is -0.428. The second-order valence-electron chi connectivity index (χ2n) is 7.65. The Hall–Kier alpha value is -1.84. The summed E-state index contributed by atoms with van der Waals surface area (Å²) in [6.07, 6.45) is 6.09.